The molecule has 1 fully saturated rings. The minimum atomic E-state index is 0.483. The van der Waals surface area contributed by atoms with Crippen molar-refractivity contribution in [2.75, 3.05) is 18.5 Å². The Morgan fingerprint density at radius 1 is 1.00 bits per heavy atom. The summed E-state index contributed by atoms with van der Waals surface area (Å²) >= 11 is 0. The molecule has 1 aliphatic rings. The Morgan fingerprint density at radius 2 is 1.77 bits per heavy atom. The van der Waals surface area contributed by atoms with E-state index in [1.807, 2.05) is 26.1 Å². The largest absolute Gasteiger partial charge is 0.490 e. The molecule has 0 spiro atoms. The van der Waals surface area contributed by atoms with Crippen LogP contribution in [0.5, 0.6) is 5.75 Å². The first-order valence-corrected chi connectivity index (χ1v) is 9.81. The minimum Gasteiger partial charge on any atom is -0.490 e. The van der Waals surface area contributed by atoms with Crippen LogP contribution in [-0.2, 0) is 11.3 Å². The van der Waals surface area contributed by atoms with Crippen LogP contribution < -0.4 is 10.1 Å². The molecule has 0 radical (unpaired) electrons. The van der Waals surface area contributed by atoms with Crippen LogP contribution in [0.3, 0.4) is 0 Å². The fourth-order valence-electron chi connectivity index (χ4n) is 3.73. The maximum absolute atomic E-state index is 5.89. The van der Waals surface area contributed by atoms with Gasteiger partial charge in [0.15, 0.2) is 5.75 Å². The lowest BCUT2D eigenvalue weighted by Crippen LogP contribution is -2.26. The van der Waals surface area contributed by atoms with Crippen molar-refractivity contribution in [1.82, 2.24) is 4.98 Å². The van der Waals surface area contributed by atoms with Crippen LogP contribution in [0.1, 0.15) is 56.7 Å². The van der Waals surface area contributed by atoms with Gasteiger partial charge in [0.25, 0.3) is 0 Å². The first kappa shape index (κ1) is 18.7. The van der Waals surface area contributed by atoms with Gasteiger partial charge in [-0.25, -0.2) is 0 Å². The van der Waals surface area contributed by atoms with Crippen LogP contribution in [0.25, 0.3) is 0 Å². The Kier molecular flexibility index (Phi) is 6.89. The van der Waals surface area contributed by atoms with E-state index in [-0.39, 0.29) is 0 Å². The van der Waals surface area contributed by atoms with E-state index in [4.69, 9.17) is 9.47 Å². The van der Waals surface area contributed by atoms with Gasteiger partial charge in [0.2, 0.25) is 0 Å². The van der Waals surface area contributed by atoms with Crippen molar-refractivity contribution in [3.05, 3.63) is 53.9 Å². The van der Waals surface area contributed by atoms with E-state index in [1.165, 1.54) is 31.2 Å². The van der Waals surface area contributed by atoms with Gasteiger partial charge >= 0.3 is 0 Å². The van der Waals surface area contributed by atoms with Gasteiger partial charge in [0.1, 0.15) is 5.69 Å². The zero-order valence-corrected chi connectivity index (χ0v) is 15.9. The lowest BCUT2D eigenvalue weighted by molar-refractivity contribution is 0.128. The van der Waals surface area contributed by atoms with E-state index in [0.717, 1.165) is 17.1 Å². The second-order valence-electron chi connectivity index (χ2n) is 6.81. The van der Waals surface area contributed by atoms with Crippen molar-refractivity contribution in [2.24, 2.45) is 0 Å². The molecule has 0 bridgehead atoms. The van der Waals surface area contributed by atoms with Gasteiger partial charge < -0.3 is 14.8 Å². The highest BCUT2D eigenvalue weighted by Gasteiger charge is 2.23. The molecule has 3 rings (SSSR count). The van der Waals surface area contributed by atoms with Crippen molar-refractivity contribution in [3.8, 4) is 5.75 Å². The molecule has 1 aliphatic carbocycles. The zero-order valence-electron chi connectivity index (χ0n) is 15.9. The third kappa shape index (κ3) is 4.76. The fraction of sp³-hybridized carbons (Fsp3) is 0.500. The molecular weight excluding hydrogens is 324 g/mol. The average Bonchev–Trinajstić information content (AvgIpc) is 2.69. The molecule has 1 saturated carbocycles. The van der Waals surface area contributed by atoms with Crippen molar-refractivity contribution < 1.29 is 9.47 Å². The van der Waals surface area contributed by atoms with Gasteiger partial charge in [0.05, 0.1) is 18.9 Å². The Balaban J connectivity index is 1.64. The SMILES string of the molecule is CCOCc1nccc(N[C@H]2CC[C@@H](c3ccccc3)CC2)c1OCC. The first-order chi connectivity index (χ1) is 12.8. The molecule has 0 saturated heterocycles. The summed E-state index contributed by atoms with van der Waals surface area (Å²) in [5.74, 6) is 1.53. The number of ether oxygens (including phenoxy) is 2. The van der Waals surface area contributed by atoms with Crippen molar-refractivity contribution in [2.45, 2.75) is 58.1 Å². The molecule has 1 heterocycles. The van der Waals surface area contributed by atoms with Gasteiger partial charge in [-0.1, -0.05) is 30.3 Å². The second kappa shape index (κ2) is 9.58. The van der Waals surface area contributed by atoms with Crippen molar-refractivity contribution >= 4 is 5.69 Å². The van der Waals surface area contributed by atoms with E-state index in [1.54, 1.807) is 0 Å². The van der Waals surface area contributed by atoms with Gasteiger partial charge in [0, 0.05) is 18.8 Å². The lowest BCUT2D eigenvalue weighted by atomic mass is 9.82. The quantitative estimate of drug-likeness (QED) is 0.711. The molecule has 26 heavy (non-hydrogen) atoms. The molecule has 0 amide bonds. The molecule has 1 N–H and O–H groups in total. The van der Waals surface area contributed by atoms with Gasteiger partial charge in [-0.3, -0.25) is 4.98 Å². The number of benzene rings is 1. The zero-order chi connectivity index (χ0) is 18.2. The lowest BCUT2D eigenvalue weighted by Gasteiger charge is -2.30. The van der Waals surface area contributed by atoms with Crippen LogP contribution in [0.4, 0.5) is 5.69 Å². The Bertz CT molecular complexity index is 667. The predicted molar refractivity (Wildman–Crippen MR) is 106 cm³/mol. The molecule has 4 nitrogen and oxygen atoms in total. The molecule has 0 atom stereocenters. The summed E-state index contributed by atoms with van der Waals surface area (Å²) in [5.41, 5.74) is 3.39. The van der Waals surface area contributed by atoms with Crippen LogP contribution in [0.15, 0.2) is 42.6 Å². The van der Waals surface area contributed by atoms with E-state index < -0.39 is 0 Å². The standard InChI is InChI=1S/C22H30N2O2/c1-3-25-16-21-22(26-4-2)20(14-15-23-21)24-19-12-10-18(11-13-19)17-8-6-5-7-9-17/h5-9,14-15,18-19H,3-4,10-13,16H2,1-2H3,(H,23,24)/t18-,19+. The second-order valence-corrected chi connectivity index (χ2v) is 6.81. The number of nitrogens with one attached hydrogen (secondary N) is 1. The molecular formula is C22H30N2O2. The summed E-state index contributed by atoms with van der Waals surface area (Å²) in [7, 11) is 0. The van der Waals surface area contributed by atoms with Crippen LogP contribution in [0.2, 0.25) is 0 Å². The third-order valence-corrected chi connectivity index (χ3v) is 5.07. The summed E-state index contributed by atoms with van der Waals surface area (Å²) in [6.45, 7) is 5.79. The van der Waals surface area contributed by atoms with Gasteiger partial charge in [-0.2, -0.15) is 0 Å². The molecule has 140 valence electrons. The van der Waals surface area contributed by atoms with Crippen LogP contribution in [-0.4, -0.2) is 24.2 Å². The summed E-state index contributed by atoms with van der Waals surface area (Å²) < 4.78 is 11.4. The van der Waals surface area contributed by atoms with Crippen LogP contribution in [0, 0.1) is 0 Å². The van der Waals surface area contributed by atoms with Crippen molar-refractivity contribution in [3.63, 3.8) is 0 Å². The van der Waals surface area contributed by atoms with Gasteiger partial charge in [-0.05, 0) is 57.1 Å². The number of aromatic nitrogens is 1. The maximum atomic E-state index is 5.89. The number of anilines is 1. The first-order valence-electron chi connectivity index (χ1n) is 9.81. The summed E-state index contributed by atoms with van der Waals surface area (Å²) in [6.07, 6.45) is 6.64. The molecule has 0 unspecified atom stereocenters. The van der Waals surface area contributed by atoms with E-state index in [2.05, 4.69) is 40.6 Å². The fourth-order valence-corrected chi connectivity index (χ4v) is 3.73. The van der Waals surface area contributed by atoms with Gasteiger partial charge in [-0.15, -0.1) is 0 Å². The summed E-state index contributed by atoms with van der Waals surface area (Å²) in [5, 5.41) is 3.70. The van der Waals surface area contributed by atoms with Crippen molar-refractivity contribution in [1.29, 1.82) is 0 Å². The third-order valence-electron chi connectivity index (χ3n) is 5.07. The highest BCUT2D eigenvalue weighted by Crippen LogP contribution is 2.36. The molecule has 4 heteroatoms. The minimum absolute atomic E-state index is 0.483. The number of pyridine rings is 1. The van der Waals surface area contributed by atoms with E-state index in [9.17, 15) is 0 Å². The smallest absolute Gasteiger partial charge is 0.166 e. The Hall–Kier alpha value is -2.07. The molecule has 1 aromatic carbocycles. The average molecular weight is 354 g/mol. The van der Waals surface area contributed by atoms with Crippen LogP contribution >= 0.6 is 0 Å². The summed E-state index contributed by atoms with van der Waals surface area (Å²) in [4.78, 5) is 4.45. The summed E-state index contributed by atoms with van der Waals surface area (Å²) in [6, 6.07) is 13.4. The molecule has 1 aromatic heterocycles. The van der Waals surface area contributed by atoms with E-state index in [0.29, 0.717) is 31.8 Å². The molecule has 0 aliphatic heterocycles. The number of rotatable bonds is 8. The maximum Gasteiger partial charge on any atom is 0.166 e. The number of hydrogen-bond donors (Lipinski definition) is 1. The normalized spacial score (nSPS) is 19.9. The monoisotopic (exact) mass is 354 g/mol. The Morgan fingerprint density at radius 3 is 2.46 bits per heavy atom. The predicted octanol–water partition coefficient (Wildman–Crippen LogP) is 5.16. The highest BCUT2D eigenvalue weighted by molar-refractivity contribution is 5.58. The van der Waals surface area contributed by atoms with E-state index >= 15 is 0 Å². The number of nitrogens with zero attached hydrogens (tertiary/aromatic N) is 1. The molecule has 2 aromatic rings. The highest BCUT2D eigenvalue weighted by atomic mass is 16.5. The topological polar surface area (TPSA) is 43.4 Å². The number of hydrogen-bond acceptors (Lipinski definition) is 4. The Labute approximate surface area is 156 Å².